The van der Waals surface area contributed by atoms with Crippen LogP contribution in [0, 0.1) is 0 Å². The van der Waals surface area contributed by atoms with Gasteiger partial charge in [-0.15, -0.1) is 0 Å². The normalized spacial score (nSPS) is 10.3. The second-order valence-corrected chi connectivity index (χ2v) is 5.26. The predicted molar refractivity (Wildman–Crippen MR) is 96.8 cm³/mol. The number of rotatable bonds is 4. The summed E-state index contributed by atoms with van der Waals surface area (Å²) < 4.78 is 4.81. The molecule has 0 radical (unpaired) electrons. The lowest BCUT2D eigenvalue weighted by molar-refractivity contribution is 0.102. The summed E-state index contributed by atoms with van der Waals surface area (Å²) in [7, 11) is 0. The third-order valence-electron chi connectivity index (χ3n) is 3.55. The molecule has 2 N–H and O–H groups in total. The van der Waals surface area contributed by atoms with Crippen LogP contribution in [0.5, 0.6) is 0 Å². The lowest BCUT2D eigenvalue weighted by atomic mass is 10.1. The number of carbonyl (C=O) groups is 2. The first-order valence-electron chi connectivity index (χ1n) is 7.86. The first-order chi connectivity index (χ1) is 12.2. The number of fused-ring (bicyclic) bond motifs is 1. The number of hydrogen-bond donors (Lipinski definition) is 2. The minimum absolute atomic E-state index is 0.249. The van der Waals surface area contributed by atoms with Crippen molar-refractivity contribution in [3.63, 3.8) is 0 Å². The van der Waals surface area contributed by atoms with E-state index in [0.29, 0.717) is 23.5 Å². The van der Waals surface area contributed by atoms with E-state index >= 15 is 0 Å². The van der Waals surface area contributed by atoms with Gasteiger partial charge in [0.1, 0.15) is 0 Å². The Morgan fingerprint density at radius 3 is 2.52 bits per heavy atom. The maximum Gasteiger partial charge on any atom is 0.411 e. The molecular formula is C19H17N3O3. The van der Waals surface area contributed by atoms with Crippen LogP contribution in [0.3, 0.4) is 0 Å². The lowest BCUT2D eigenvalue weighted by Gasteiger charge is -2.09. The van der Waals surface area contributed by atoms with Gasteiger partial charge in [-0.3, -0.25) is 15.1 Å². The van der Waals surface area contributed by atoms with Crippen molar-refractivity contribution in [1.82, 2.24) is 4.98 Å². The Kier molecular flexibility index (Phi) is 4.89. The van der Waals surface area contributed by atoms with Crippen LogP contribution in [0.4, 0.5) is 16.2 Å². The topological polar surface area (TPSA) is 80.3 Å². The number of hydrogen-bond acceptors (Lipinski definition) is 4. The highest BCUT2D eigenvalue weighted by Gasteiger charge is 2.09. The first-order valence-corrected chi connectivity index (χ1v) is 7.86. The van der Waals surface area contributed by atoms with Crippen molar-refractivity contribution in [2.75, 3.05) is 17.2 Å². The number of pyridine rings is 1. The molecule has 126 valence electrons. The molecule has 0 aliphatic carbocycles. The highest BCUT2D eigenvalue weighted by molar-refractivity contribution is 6.08. The number of ether oxygens (including phenoxy) is 1. The molecule has 0 saturated carbocycles. The molecular weight excluding hydrogens is 318 g/mol. The van der Waals surface area contributed by atoms with Crippen molar-refractivity contribution in [3.05, 3.63) is 66.4 Å². The highest BCUT2D eigenvalue weighted by Crippen LogP contribution is 2.21. The summed E-state index contributed by atoms with van der Waals surface area (Å²) in [4.78, 5) is 28.1. The van der Waals surface area contributed by atoms with Crippen LogP contribution in [0.15, 0.2) is 60.8 Å². The maximum absolute atomic E-state index is 12.4. The highest BCUT2D eigenvalue weighted by atomic mass is 16.5. The molecule has 6 heteroatoms. The van der Waals surface area contributed by atoms with E-state index in [1.165, 1.54) is 0 Å². The summed E-state index contributed by atoms with van der Waals surface area (Å²) in [5, 5.41) is 6.40. The fraction of sp³-hybridized carbons (Fsp3) is 0.105. The molecule has 6 nitrogen and oxygen atoms in total. The molecule has 2 aromatic carbocycles. The fourth-order valence-corrected chi connectivity index (χ4v) is 2.39. The van der Waals surface area contributed by atoms with Gasteiger partial charge >= 0.3 is 6.09 Å². The van der Waals surface area contributed by atoms with Crippen LogP contribution in [-0.2, 0) is 4.74 Å². The van der Waals surface area contributed by atoms with Gasteiger partial charge in [-0.25, -0.2) is 4.79 Å². The SMILES string of the molecule is CCOC(=O)Nc1ccc(C(=O)Nc2cccc3cccnc23)cc1. The fourth-order valence-electron chi connectivity index (χ4n) is 2.39. The smallest absolute Gasteiger partial charge is 0.411 e. The summed E-state index contributed by atoms with van der Waals surface area (Å²) in [6.45, 7) is 2.03. The molecule has 0 unspecified atom stereocenters. The van der Waals surface area contributed by atoms with Gasteiger partial charge in [-0.2, -0.15) is 0 Å². The number of amides is 2. The monoisotopic (exact) mass is 335 g/mol. The van der Waals surface area contributed by atoms with Gasteiger partial charge < -0.3 is 10.1 Å². The van der Waals surface area contributed by atoms with Crippen LogP contribution >= 0.6 is 0 Å². The Labute approximate surface area is 144 Å². The van der Waals surface area contributed by atoms with E-state index in [2.05, 4.69) is 15.6 Å². The number of nitrogens with one attached hydrogen (secondary N) is 2. The second-order valence-electron chi connectivity index (χ2n) is 5.26. The Morgan fingerprint density at radius 2 is 1.76 bits per heavy atom. The third-order valence-corrected chi connectivity index (χ3v) is 3.55. The zero-order chi connectivity index (χ0) is 17.6. The van der Waals surface area contributed by atoms with Crippen LogP contribution in [0.1, 0.15) is 17.3 Å². The van der Waals surface area contributed by atoms with E-state index in [-0.39, 0.29) is 5.91 Å². The molecule has 0 aliphatic heterocycles. The summed E-state index contributed by atoms with van der Waals surface area (Å²) in [5.74, 6) is -0.249. The van der Waals surface area contributed by atoms with Crippen molar-refractivity contribution < 1.29 is 14.3 Å². The van der Waals surface area contributed by atoms with Gasteiger partial charge in [0.05, 0.1) is 17.8 Å². The Morgan fingerprint density at radius 1 is 1.00 bits per heavy atom. The molecule has 1 heterocycles. The molecule has 0 atom stereocenters. The molecule has 0 saturated heterocycles. The van der Waals surface area contributed by atoms with Crippen LogP contribution in [0.2, 0.25) is 0 Å². The van der Waals surface area contributed by atoms with E-state index < -0.39 is 6.09 Å². The third kappa shape index (κ3) is 3.92. The number of carbonyl (C=O) groups excluding carboxylic acids is 2. The van der Waals surface area contributed by atoms with E-state index in [9.17, 15) is 9.59 Å². The van der Waals surface area contributed by atoms with Gasteiger partial charge in [0.15, 0.2) is 0 Å². The molecule has 25 heavy (non-hydrogen) atoms. The summed E-state index contributed by atoms with van der Waals surface area (Å²) in [5.41, 5.74) is 2.42. The molecule has 0 bridgehead atoms. The van der Waals surface area contributed by atoms with Crippen molar-refractivity contribution in [1.29, 1.82) is 0 Å². The van der Waals surface area contributed by atoms with E-state index in [4.69, 9.17) is 4.74 Å². The number of aromatic nitrogens is 1. The predicted octanol–water partition coefficient (Wildman–Crippen LogP) is 4.06. The van der Waals surface area contributed by atoms with Gasteiger partial charge in [0.2, 0.25) is 0 Å². The van der Waals surface area contributed by atoms with Gasteiger partial charge in [0, 0.05) is 22.8 Å². The van der Waals surface area contributed by atoms with Crippen molar-refractivity contribution in [2.24, 2.45) is 0 Å². The van der Waals surface area contributed by atoms with Crippen LogP contribution < -0.4 is 10.6 Å². The summed E-state index contributed by atoms with van der Waals surface area (Å²) in [6.07, 6.45) is 1.16. The minimum atomic E-state index is -0.526. The van der Waals surface area contributed by atoms with Crippen LogP contribution in [-0.4, -0.2) is 23.6 Å². The molecule has 1 aromatic heterocycles. The summed E-state index contributed by atoms with van der Waals surface area (Å²) in [6, 6.07) is 16.0. The lowest BCUT2D eigenvalue weighted by Crippen LogP contribution is -2.14. The standard InChI is InChI=1S/C19H17N3O3/c1-2-25-19(24)21-15-10-8-14(9-11-15)18(23)22-16-7-3-5-13-6-4-12-20-17(13)16/h3-12H,2H2,1H3,(H,21,24)(H,22,23). The molecule has 0 fully saturated rings. The van der Waals surface area contributed by atoms with Gasteiger partial charge in [-0.05, 0) is 43.3 Å². The number of benzene rings is 2. The molecule has 2 amide bonds. The van der Waals surface area contributed by atoms with Crippen LogP contribution in [0.25, 0.3) is 10.9 Å². The quantitative estimate of drug-likeness (QED) is 0.753. The van der Waals surface area contributed by atoms with Gasteiger partial charge in [-0.1, -0.05) is 18.2 Å². The minimum Gasteiger partial charge on any atom is -0.450 e. The first kappa shape index (κ1) is 16.4. The zero-order valence-electron chi connectivity index (χ0n) is 13.7. The van der Waals surface area contributed by atoms with E-state index in [0.717, 1.165) is 10.9 Å². The number of nitrogens with zero attached hydrogens (tertiary/aromatic N) is 1. The Bertz CT molecular complexity index is 902. The average molecular weight is 335 g/mol. The Balaban J connectivity index is 1.74. The Hall–Kier alpha value is -3.41. The summed E-state index contributed by atoms with van der Waals surface area (Å²) >= 11 is 0. The molecule has 0 spiro atoms. The maximum atomic E-state index is 12.4. The zero-order valence-corrected chi connectivity index (χ0v) is 13.7. The number of para-hydroxylation sites is 1. The molecule has 3 rings (SSSR count). The van der Waals surface area contributed by atoms with E-state index in [1.54, 1.807) is 37.4 Å². The van der Waals surface area contributed by atoms with E-state index in [1.807, 2.05) is 30.3 Å². The second kappa shape index (κ2) is 7.44. The van der Waals surface area contributed by atoms with Crippen molar-refractivity contribution in [2.45, 2.75) is 6.92 Å². The molecule has 3 aromatic rings. The van der Waals surface area contributed by atoms with Gasteiger partial charge in [0.25, 0.3) is 5.91 Å². The largest absolute Gasteiger partial charge is 0.450 e. The van der Waals surface area contributed by atoms with Crippen molar-refractivity contribution in [3.8, 4) is 0 Å². The molecule has 0 aliphatic rings. The number of anilines is 2. The van der Waals surface area contributed by atoms with Crippen molar-refractivity contribution >= 4 is 34.3 Å². The average Bonchev–Trinajstić information content (AvgIpc) is 2.63.